The van der Waals surface area contributed by atoms with E-state index in [1.54, 1.807) is 0 Å². The van der Waals surface area contributed by atoms with Crippen molar-refractivity contribution in [2.75, 3.05) is 11.9 Å². The van der Waals surface area contributed by atoms with E-state index in [4.69, 9.17) is 0 Å². The van der Waals surface area contributed by atoms with Gasteiger partial charge >= 0.3 is 0 Å². The number of rotatable bonds is 6. The highest BCUT2D eigenvalue weighted by molar-refractivity contribution is 5.87. The Balaban J connectivity index is 1.74. The molecule has 110 valence electrons. The molecule has 2 N–H and O–H groups in total. The minimum absolute atomic E-state index is 0.0222. The monoisotopic (exact) mass is 287 g/mol. The van der Waals surface area contributed by atoms with Crippen molar-refractivity contribution in [3.8, 4) is 0 Å². The van der Waals surface area contributed by atoms with Crippen LogP contribution in [0.2, 0.25) is 0 Å². The fraction of sp³-hybridized carbons (Fsp3) is 0.286. The maximum atomic E-state index is 11.7. The van der Waals surface area contributed by atoms with E-state index in [9.17, 15) is 9.59 Å². The van der Waals surface area contributed by atoms with Gasteiger partial charge in [-0.05, 0) is 12.0 Å². The molecule has 7 nitrogen and oxygen atoms in total. The van der Waals surface area contributed by atoms with Gasteiger partial charge < -0.3 is 10.6 Å². The van der Waals surface area contributed by atoms with Crippen LogP contribution in [0.4, 0.5) is 5.82 Å². The largest absolute Gasteiger partial charge is 0.354 e. The normalized spacial score (nSPS) is 10.1. The van der Waals surface area contributed by atoms with Gasteiger partial charge in [-0.25, -0.2) is 0 Å². The van der Waals surface area contributed by atoms with Crippen molar-refractivity contribution in [3.05, 3.63) is 42.1 Å². The molecule has 1 aromatic heterocycles. The van der Waals surface area contributed by atoms with Crippen molar-refractivity contribution >= 4 is 17.6 Å². The molecule has 2 amide bonds. The molecule has 1 heterocycles. The second kappa shape index (κ2) is 7.18. The molecule has 1 aromatic carbocycles. The predicted octanol–water partition coefficient (Wildman–Crippen LogP) is 0.595. The SMILES string of the molecule is CC(=O)Nc1cnn(CC(=O)NCCc2ccccc2)n1. The maximum absolute atomic E-state index is 11.7. The van der Waals surface area contributed by atoms with Crippen LogP contribution in [0.3, 0.4) is 0 Å². The van der Waals surface area contributed by atoms with Crippen LogP contribution in [-0.4, -0.2) is 33.4 Å². The standard InChI is InChI=1S/C14H17N5O2/c1-11(20)17-13-9-16-19(18-13)10-14(21)15-8-7-12-5-3-2-4-6-12/h2-6,9H,7-8,10H2,1H3,(H,15,21)(H,17,18,20). The second-order valence-corrected chi connectivity index (χ2v) is 4.53. The minimum atomic E-state index is -0.227. The van der Waals surface area contributed by atoms with Gasteiger partial charge in [0.25, 0.3) is 0 Å². The van der Waals surface area contributed by atoms with Gasteiger partial charge in [-0.1, -0.05) is 30.3 Å². The lowest BCUT2D eigenvalue weighted by Gasteiger charge is -2.04. The topological polar surface area (TPSA) is 88.9 Å². The third-order valence-electron chi connectivity index (χ3n) is 2.70. The minimum Gasteiger partial charge on any atom is -0.354 e. The number of anilines is 1. The Kier molecular flexibility index (Phi) is 5.03. The predicted molar refractivity (Wildman–Crippen MR) is 77.5 cm³/mol. The van der Waals surface area contributed by atoms with Gasteiger partial charge in [0.15, 0.2) is 5.82 Å². The average molecular weight is 287 g/mol. The lowest BCUT2D eigenvalue weighted by Crippen LogP contribution is -2.30. The second-order valence-electron chi connectivity index (χ2n) is 4.53. The molecule has 0 saturated heterocycles. The molecule has 0 radical (unpaired) electrons. The summed E-state index contributed by atoms with van der Waals surface area (Å²) in [5, 5.41) is 13.2. The number of hydrogen-bond acceptors (Lipinski definition) is 4. The number of nitrogens with one attached hydrogen (secondary N) is 2. The lowest BCUT2D eigenvalue weighted by atomic mass is 10.1. The van der Waals surface area contributed by atoms with Crippen LogP contribution in [0.5, 0.6) is 0 Å². The maximum Gasteiger partial charge on any atom is 0.243 e. The Morgan fingerprint density at radius 3 is 2.71 bits per heavy atom. The third-order valence-corrected chi connectivity index (χ3v) is 2.70. The van der Waals surface area contributed by atoms with Crippen LogP contribution in [0, 0.1) is 0 Å². The summed E-state index contributed by atoms with van der Waals surface area (Å²) in [6.07, 6.45) is 2.18. The van der Waals surface area contributed by atoms with Crippen LogP contribution < -0.4 is 10.6 Å². The molecule has 0 fully saturated rings. The van der Waals surface area contributed by atoms with Crippen LogP contribution in [0.1, 0.15) is 12.5 Å². The van der Waals surface area contributed by atoms with E-state index in [-0.39, 0.29) is 18.4 Å². The van der Waals surface area contributed by atoms with Crippen molar-refractivity contribution in [1.29, 1.82) is 0 Å². The van der Waals surface area contributed by atoms with Crippen LogP contribution in [0.15, 0.2) is 36.5 Å². The molecule has 0 saturated carbocycles. The lowest BCUT2D eigenvalue weighted by molar-refractivity contribution is -0.122. The highest BCUT2D eigenvalue weighted by Crippen LogP contribution is 1.99. The van der Waals surface area contributed by atoms with E-state index in [0.717, 1.165) is 6.42 Å². The molecule has 0 aliphatic rings. The average Bonchev–Trinajstić information content (AvgIpc) is 2.86. The van der Waals surface area contributed by atoms with Crippen molar-refractivity contribution in [1.82, 2.24) is 20.3 Å². The first-order chi connectivity index (χ1) is 10.1. The number of aromatic nitrogens is 3. The van der Waals surface area contributed by atoms with Gasteiger partial charge in [0.2, 0.25) is 11.8 Å². The van der Waals surface area contributed by atoms with Gasteiger partial charge in [0.1, 0.15) is 6.54 Å². The molecular weight excluding hydrogens is 270 g/mol. The summed E-state index contributed by atoms with van der Waals surface area (Å²) in [4.78, 5) is 23.8. The zero-order chi connectivity index (χ0) is 15.1. The van der Waals surface area contributed by atoms with E-state index >= 15 is 0 Å². The number of carbonyl (C=O) groups is 2. The van der Waals surface area contributed by atoms with Gasteiger partial charge in [-0.3, -0.25) is 9.59 Å². The smallest absolute Gasteiger partial charge is 0.243 e. The number of amides is 2. The molecule has 7 heteroatoms. The van der Waals surface area contributed by atoms with E-state index in [2.05, 4.69) is 20.8 Å². The fourth-order valence-electron chi connectivity index (χ4n) is 1.79. The fourth-order valence-corrected chi connectivity index (χ4v) is 1.79. The van der Waals surface area contributed by atoms with E-state index in [1.165, 1.54) is 23.5 Å². The Morgan fingerprint density at radius 2 is 2.00 bits per heavy atom. The number of nitrogens with zero attached hydrogens (tertiary/aromatic N) is 3. The van der Waals surface area contributed by atoms with Crippen molar-refractivity contribution in [2.45, 2.75) is 19.9 Å². The summed E-state index contributed by atoms with van der Waals surface area (Å²) in [5.41, 5.74) is 1.17. The Morgan fingerprint density at radius 1 is 1.24 bits per heavy atom. The molecule has 2 rings (SSSR count). The Labute approximate surface area is 122 Å². The van der Waals surface area contributed by atoms with Gasteiger partial charge in [-0.15, -0.1) is 5.10 Å². The molecule has 0 aliphatic carbocycles. The molecule has 0 spiro atoms. The summed E-state index contributed by atoms with van der Waals surface area (Å²) >= 11 is 0. The van der Waals surface area contributed by atoms with E-state index in [1.807, 2.05) is 30.3 Å². The van der Waals surface area contributed by atoms with Crippen molar-refractivity contribution in [3.63, 3.8) is 0 Å². The molecule has 2 aromatic rings. The zero-order valence-corrected chi connectivity index (χ0v) is 11.7. The quantitative estimate of drug-likeness (QED) is 0.814. The highest BCUT2D eigenvalue weighted by atomic mass is 16.2. The molecule has 21 heavy (non-hydrogen) atoms. The third kappa shape index (κ3) is 5.06. The van der Waals surface area contributed by atoms with Gasteiger partial charge in [0, 0.05) is 13.5 Å². The van der Waals surface area contributed by atoms with Gasteiger partial charge in [0.05, 0.1) is 6.20 Å². The molecule has 0 bridgehead atoms. The summed E-state index contributed by atoms with van der Waals surface area (Å²) in [6, 6.07) is 9.92. The van der Waals surface area contributed by atoms with Crippen LogP contribution >= 0.6 is 0 Å². The van der Waals surface area contributed by atoms with Crippen LogP contribution in [-0.2, 0) is 22.6 Å². The summed E-state index contributed by atoms with van der Waals surface area (Å²) in [6.45, 7) is 1.96. The zero-order valence-electron chi connectivity index (χ0n) is 11.7. The highest BCUT2D eigenvalue weighted by Gasteiger charge is 2.06. The molecule has 0 atom stereocenters. The number of carbonyl (C=O) groups excluding carboxylic acids is 2. The Hall–Kier alpha value is -2.70. The molecular formula is C14H17N5O2. The van der Waals surface area contributed by atoms with Crippen molar-refractivity contribution in [2.24, 2.45) is 0 Å². The summed E-state index contributed by atoms with van der Waals surface area (Å²) in [7, 11) is 0. The summed E-state index contributed by atoms with van der Waals surface area (Å²) < 4.78 is 0. The number of benzene rings is 1. The first-order valence-electron chi connectivity index (χ1n) is 6.62. The first kappa shape index (κ1) is 14.7. The number of hydrogen-bond donors (Lipinski definition) is 2. The first-order valence-corrected chi connectivity index (χ1v) is 6.62. The van der Waals surface area contributed by atoms with Crippen LogP contribution in [0.25, 0.3) is 0 Å². The summed E-state index contributed by atoms with van der Waals surface area (Å²) in [5.74, 6) is -0.0649. The van der Waals surface area contributed by atoms with E-state index in [0.29, 0.717) is 12.4 Å². The molecule has 0 unspecified atom stereocenters. The van der Waals surface area contributed by atoms with Crippen molar-refractivity contribution < 1.29 is 9.59 Å². The van der Waals surface area contributed by atoms with E-state index < -0.39 is 0 Å². The van der Waals surface area contributed by atoms with Gasteiger partial charge in [-0.2, -0.15) is 9.90 Å². The Bertz CT molecular complexity index is 609. The molecule has 0 aliphatic heterocycles.